The van der Waals surface area contributed by atoms with E-state index in [0.717, 1.165) is 24.0 Å². The van der Waals surface area contributed by atoms with E-state index in [1.165, 1.54) is 4.90 Å². The Morgan fingerprint density at radius 3 is 2.45 bits per heavy atom. The highest BCUT2D eigenvalue weighted by Crippen LogP contribution is 2.20. The Labute approximate surface area is 182 Å². The molecule has 0 radical (unpaired) electrons. The van der Waals surface area contributed by atoms with Gasteiger partial charge in [0.05, 0.1) is 6.54 Å². The van der Waals surface area contributed by atoms with Crippen molar-refractivity contribution in [3.63, 3.8) is 0 Å². The molecule has 0 aliphatic carbocycles. The lowest BCUT2D eigenvalue weighted by Gasteiger charge is -2.33. The first-order chi connectivity index (χ1) is 15.1. The average molecular weight is 421 g/mol. The van der Waals surface area contributed by atoms with Crippen LogP contribution in [-0.4, -0.2) is 67.0 Å². The predicted octanol–water partition coefficient (Wildman–Crippen LogP) is 2.77. The number of amides is 3. The molecule has 7 nitrogen and oxygen atoms in total. The number of likely N-dealkylation sites (tertiary alicyclic amines) is 1. The fraction of sp³-hybridized carbons (Fsp3) is 0.375. The van der Waals surface area contributed by atoms with Crippen LogP contribution in [-0.2, 0) is 9.53 Å². The van der Waals surface area contributed by atoms with E-state index in [9.17, 15) is 14.4 Å². The van der Waals surface area contributed by atoms with Crippen molar-refractivity contribution in [3.05, 3.63) is 60.2 Å². The van der Waals surface area contributed by atoms with Crippen LogP contribution in [0.25, 0.3) is 11.1 Å². The summed E-state index contributed by atoms with van der Waals surface area (Å²) in [6.45, 7) is 2.66. The summed E-state index contributed by atoms with van der Waals surface area (Å²) in [5.41, 5.74) is 2.81. The van der Waals surface area contributed by atoms with Gasteiger partial charge in [-0.15, -0.1) is 0 Å². The van der Waals surface area contributed by atoms with Crippen LogP contribution in [0, 0.1) is 5.92 Å². The van der Waals surface area contributed by atoms with Crippen molar-refractivity contribution in [2.45, 2.75) is 12.8 Å². The van der Waals surface area contributed by atoms with Gasteiger partial charge >= 0.3 is 6.09 Å². The van der Waals surface area contributed by atoms with Crippen LogP contribution < -0.4 is 5.32 Å². The van der Waals surface area contributed by atoms with Crippen LogP contribution in [0.2, 0.25) is 0 Å². The third-order valence-electron chi connectivity index (χ3n) is 5.85. The lowest BCUT2D eigenvalue weighted by molar-refractivity contribution is -0.133. The summed E-state index contributed by atoms with van der Waals surface area (Å²) in [5, 5.41) is 3.01. The fourth-order valence-electron chi connectivity index (χ4n) is 4.07. The van der Waals surface area contributed by atoms with Crippen molar-refractivity contribution in [1.82, 2.24) is 15.1 Å². The van der Waals surface area contributed by atoms with E-state index < -0.39 is 6.09 Å². The average Bonchev–Trinajstić information content (AvgIpc) is 3.22. The number of cyclic esters (lactones) is 1. The van der Waals surface area contributed by atoms with Gasteiger partial charge in [-0.3, -0.25) is 14.5 Å². The van der Waals surface area contributed by atoms with E-state index in [0.29, 0.717) is 38.3 Å². The summed E-state index contributed by atoms with van der Waals surface area (Å²) in [5.74, 6) is 0.0324. The van der Waals surface area contributed by atoms with Crippen LogP contribution in [0.5, 0.6) is 0 Å². The number of hydrogen-bond acceptors (Lipinski definition) is 4. The molecule has 2 fully saturated rings. The molecule has 0 saturated carbocycles. The molecule has 1 N–H and O–H groups in total. The highest BCUT2D eigenvalue weighted by atomic mass is 16.6. The number of piperidine rings is 1. The highest BCUT2D eigenvalue weighted by molar-refractivity contribution is 5.94. The molecule has 2 aliphatic rings. The minimum atomic E-state index is -0.424. The van der Waals surface area contributed by atoms with E-state index in [-0.39, 0.29) is 24.3 Å². The van der Waals surface area contributed by atoms with Gasteiger partial charge < -0.3 is 15.0 Å². The molecule has 0 bridgehead atoms. The summed E-state index contributed by atoms with van der Waals surface area (Å²) in [6, 6.07) is 17.6. The quantitative estimate of drug-likeness (QED) is 0.778. The van der Waals surface area contributed by atoms with Gasteiger partial charge in [0, 0.05) is 25.2 Å². The SMILES string of the molecule is O=C(NCC1CCCN(C(=O)CN2CCOC2=O)C1)c1ccc(-c2ccccc2)cc1. The largest absolute Gasteiger partial charge is 0.448 e. The third kappa shape index (κ3) is 5.23. The molecule has 31 heavy (non-hydrogen) atoms. The summed E-state index contributed by atoms with van der Waals surface area (Å²) >= 11 is 0. The number of hydrogen-bond donors (Lipinski definition) is 1. The molecule has 4 rings (SSSR count). The maximum atomic E-state index is 12.6. The molecule has 0 aromatic heterocycles. The Morgan fingerprint density at radius 2 is 1.74 bits per heavy atom. The lowest BCUT2D eigenvalue weighted by Crippen LogP contribution is -2.47. The van der Waals surface area contributed by atoms with E-state index >= 15 is 0 Å². The molecule has 1 atom stereocenters. The number of nitrogens with one attached hydrogen (secondary N) is 1. The molecule has 2 saturated heterocycles. The Bertz CT molecular complexity index is 930. The van der Waals surface area contributed by atoms with Crippen LogP contribution in [0.4, 0.5) is 4.79 Å². The topological polar surface area (TPSA) is 79.0 Å². The molecule has 2 aliphatic heterocycles. The first kappa shape index (κ1) is 20.9. The number of rotatable bonds is 6. The van der Waals surface area contributed by atoms with Crippen molar-refractivity contribution in [3.8, 4) is 11.1 Å². The second-order valence-electron chi connectivity index (χ2n) is 8.04. The van der Waals surface area contributed by atoms with Crippen molar-refractivity contribution < 1.29 is 19.1 Å². The van der Waals surface area contributed by atoms with Gasteiger partial charge in [0.25, 0.3) is 5.91 Å². The molecule has 1 unspecified atom stereocenters. The van der Waals surface area contributed by atoms with Gasteiger partial charge in [-0.1, -0.05) is 42.5 Å². The van der Waals surface area contributed by atoms with E-state index in [1.807, 2.05) is 54.6 Å². The van der Waals surface area contributed by atoms with E-state index in [4.69, 9.17) is 4.74 Å². The minimum absolute atomic E-state index is 0.0612. The predicted molar refractivity (Wildman–Crippen MR) is 116 cm³/mol. The zero-order valence-electron chi connectivity index (χ0n) is 17.5. The molecule has 162 valence electrons. The van der Waals surface area contributed by atoms with Crippen LogP contribution in [0.15, 0.2) is 54.6 Å². The Morgan fingerprint density at radius 1 is 1.00 bits per heavy atom. The van der Waals surface area contributed by atoms with Gasteiger partial charge in [-0.05, 0) is 42.0 Å². The van der Waals surface area contributed by atoms with Gasteiger partial charge in [0.2, 0.25) is 5.91 Å². The lowest BCUT2D eigenvalue weighted by atomic mass is 9.97. The molecule has 2 heterocycles. The normalized spacial score (nSPS) is 18.6. The van der Waals surface area contributed by atoms with Gasteiger partial charge in [0.1, 0.15) is 13.2 Å². The fourth-order valence-corrected chi connectivity index (χ4v) is 4.07. The van der Waals surface area contributed by atoms with E-state index in [1.54, 1.807) is 4.90 Å². The molecular formula is C24H27N3O4. The molecule has 2 aromatic carbocycles. The number of benzene rings is 2. The Kier molecular flexibility index (Phi) is 6.50. The Hall–Kier alpha value is -3.35. The van der Waals surface area contributed by atoms with Crippen LogP contribution >= 0.6 is 0 Å². The number of carbonyl (C=O) groups excluding carboxylic acids is 3. The van der Waals surface area contributed by atoms with Gasteiger partial charge in [-0.2, -0.15) is 0 Å². The Balaban J connectivity index is 1.27. The summed E-state index contributed by atoms with van der Waals surface area (Å²) in [4.78, 5) is 39.9. The molecular weight excluding hydrogens is 394 g/mol. The summed E-state index contributed by atoms with van der Waals surface area (Å²) in [7, 11) is 0. The van der Waals surface area contributed by atoms with E-state index in [2.05, 4.69) is 5.32 Å². The second kappa shape index (κ2) is 9.64. The van der Waals surface area contributed by atoms with Crippen LogP contribution in [0.1, 0.15) is 23.2 Å². The van der Waals surface area contributed by atoms with Gasteiger partial charge in [0.15, 0.2) is 0 Å². The number of carbonyl (C=O) groups is 3. The van der Waals surface area contributed by atoms with Gasteiger partial charge in [-0.25, -0.2) is 4.79 Å². The molecule has 2 aromatic rings. The minimum Gasteiger partial charge on any atom is -0.448 e. The zero-order chi connectivity index (χ0) is 21.6. The van der Waals surface area contributed by atoms with Crippen molar-refractivity contribution in [2.24, 2.45) is 5.92 Å². The monoisotopic (exact) mass is 421 g/mol. The molecule has 0 spiro atoms. The third-order valence-corrected chi connectivity index (χ3v) is 5.85. The smallest absolute Gasteiger partial charge is 0.410 e. The number of nitrogens with zero attached hydrogens (tertiary/aromatic N) is 2. The highest BCUT2D eigenvalue weighted by Gasteiger charge is 2.29. The maximum Gasteiger partial charge on any atom is 0.410 e. The van der Waals surface area contributed by atoms with Crippen molar-refractivity contribution >= 4 is 17.9 Å². The number of ether oxygens (including phenoxy) is 1. The first-order valence-electron chi connectivity index (χ1n) is 10.7. The van der Waals surface area contributed by atoms with Crippen molar-refractivity contribution in [2.75, 3.05) is 39.3 Å². The molecule has 7 heteroatoms. The maximum absolute atomic E-state index is 12.6. The first-order valence-corrected chi connectivity index (χ1v) is 10.7. The molecule has 3 amide bonds. The standard InChI is InChI=1S/C24H27N3O4/c28-22(17-27-13-14-31-24(27)30)26-12-4-5-18(16-26)15-25-23(29)21-10-8-20(9-11-21)19-6-2-1-3-7-19/h1-3,6-11,18H,4-5,12-17H2,(H,25,29). The van der Waals surface area contributed by atoms with Crippen LogP contribution in [0.3, 0.4) is 0 Å². The zero-order valence-corrected chi connectivity index (χ0v) is 17.5. The summed E-state index contributed by atoms with van der Waals surface area (Å²) < 4.78 is 4.88. The summed E-state index contributed by atoms with van der Waals surface area (Å²) in [6.07, 6.45) is 1.43. The second-order valence-corrected chi connectivity index (χ2v) is 8.04. The van der Waals surface area contributed by atoms with Crippen molar-refractivity contribution in [1.29, 1.82) is 0 Å².